The molecule has 1 aliphatic rings. The normalized spacial score (nSPS) is 17.2. The number of halogens is 2. The first-order valence-electron chi connectivity index (χ1n) is 11.0. The number of rotatable bonds is 8. The number of methoxy groups -OCH3 is 2. The zero-order chi connectivity index (χ0) is 25.7. The third kappa shape index (κ3) is 5.85. The zero-order valence-electron chi connectivity index (χ0n) is 19.4. The van der Waals surface area contributed by atoms with E-state index in [9.17, 15) is 18.4 Å². The summed E-state index contributed by atoms with van der Waals surface area (Å²) >= 11 is 0. The molecule has 0 atom stereocenters. The van der Waals surface area contributed by atoms with E-state index in [1.165, 1.54) is 20.3 Å². The van der Waals surface area contributed by atoms with Gasteiger partial charge in [0.25, 0.3) is 0 Å². The van der Waals surface area contributed by atoms with Gasteiger partial charge in [0, 0.05) is 17.8 Å². The fourth-order valence-electron chi connectivity index (χ4n) is 3.73. The number of hydrogen-bond donors (Lipinski definition) is 2. The molecule has 1 amide bonds. The lowest BCUT2D eigenvalue weighted by molar-refractivity contribution is -0.147. The van der Waals surface area contributed by atoms with Gasteiger partial charge >= 0.3 is 23.8 Å². The summed E-state index contributed by atoms with van der Waals surface area (Å²) in [6, 6.07) is 6.05. The number of amides is 1. The first kappa shape index (κ1) is 24.8. The molecule has 36 heavy (non-hydrogen) atoms. The average Bonchev–Trinajstić information content (AvgIpc) is 3.35. The number of carbonyl (C=O) groups is 2. The SMILES string of the molecule is COC(=O)C1CCC(Oc2ccc(NC(=O)c3nnc(Nc4ccc(F)c(F)c4)o3)c(OC)n2)CC1. The smallest absolute Gasteiger partial charge is 0.320 e. The fourth-order valence-corrected chi connectivity index (χ4v) is 3.73. The van der Waals surface area contributed by atoms with Gasteiger partial charge in [-0.3, -0.25) is 9.59 Å². The molecule has 2 N–H and O–H groups in total. The molecule has 0 saturated heterocycles. The Morgan fingerprint density at radius 2 is 1.81 bits per heavy atom. The van der Waals surface area contributed by atoms with E-state index in [0.29, 0.717) is 31.6 Å². The molecule has 11 nitrogen and oxygen atoms in total. The minimum Gasteiger partial charge on any atom is -0.479 e. The van der Waals surface area contributed by atoms with E-state index < -0.39 is 17.5 Å². The van der Waals surface area contributed by atoms with Crippen molar-refractivity contribution in [3.8, 4) is 11.8 Å². The van der Waals surface area contributed by atoms with Gasteiger partial charge in [0.15, 0.2) is 11.6 Å². The number of pyridine rings is 1. The topological polar surface area (TPSA) is 138 Å². The molecule has 1 saturated carbocycles. The number of ether oxygens (including phenoxy) is 3. The third-order valence-corrected chi connectivity index (χ3v) is 5.56. The number of hydrogen-bond acceptors (Lipinski definition) is 10. The summed E-state index contributed by atoms with van der Waals surface area (Å²) in [6.07, 6.45) is 2.59. The van der Waals surface area contributed by atoms with E-state index in [1.54, 1.807) is 12.1 Å². The summed E-state index contributed by atoms with van der Waals surface area (Å²) in [7, 11) is 2.77. The van der Waals surface area contributed by atoms with Crippen molar-refractivity contribution in [2.24, 2.45) is 5.92 Å². The minimum absolute atomic E-state index is 0.101. The monoisotopic (exact) mass is 503 g/mol. The van der Waals surface area contributed by atoms with Crippen molar-refractivity contribution in [2.75, 3.05) is 24.9 Å². The molecular formula is C23H23F2N5O6. The van der Waals surface area contributed by atoms with Gasteiger partial charge in [-0.2, -0.15) is 4.98 Å². The maximum absolute atomic E-state index is 13.4. The van der Waals surface area contributed by atoms with Gasteiger partial charge in [0.2, 0.25) is 11.8 Å². The summed E-state index contributed by atoms with van der Waals surface area (Å²) in [5, 5.41) is 12.5. The Kier molecular flexibility index (Phi) is 7.56. The van der Waals surface area contributed by atoms with Gasteiger partial charge in [-0.15, -0.1) is 5.10 Å². The highest BCUT2D eigenvalue weighted by atomic mass is 19.2. The largest absolute Gasteiger partial charge is 0.479 e. The van der Waals surface area contributed by atoms with Crippen LogP contribution in [0, 0.1) is 17.6 Å². The van der Waals surface area contributed by atoms with E-state index in [-0.39, 0.29) is 47.2 Å². The highest BCUT2D eigenvalue weighted by Gasteiger charge is 2.28. The lowest BCUT2D eigenvalue weighted by atomic mass is 9.87. The molecular weight excluding hydrogens is 480 g/mol. The standard InChI is InChI=1S/C23H23F2N5O6/c1-33-20-17(9-10-18(28-20)35-14-6-3-12(4-7-14)22(32)34-2)27-19(31)21-29-30-23(36-21)26-13-5-8-15(24)16(25)11-13/h5,8-12,14H,3-4,6-7H2,1-2H3,(H,26,30)(H,27,31). The molecule has 190 valence electrons. The molecule has 0 radical (unpaired) electrons. The summed E-state index contributed by atoms with van der Waals surface area (Å²) in [5.41, 5.74) is 0.391. The molecule has 1 fully saturated rings. The van der Waals surface area contributed by atoms with Crippen LogP contribution in [-0.2, 0) is 9.53 Å². The average molecular weight is 503 g/mol. The van der Waals surface area contributed by atoms with Crippen LogP contribution >= 0.6 is 0 Å². The Hall–Kier alpha value is -4.29. The predicted octanol–water partition coefficient (Wildman–Crippen LogP) is 3.86. The molecule has 4 rings (SSSR count). The Labute approximate surface area is 204 Å². The van der Waals surface area contributed by atoms with Crippen LogP contribution in [0.5, 0.6) is 11.8 Å². The molecule has 13 heteroatoms. The Bertz CT molecular complexity index is 1250. The van der Waals surface area contributed by atoms with Gasteiger partial charge in [-0.05, 0) is 43.9 Å². The van der Waals surface area contributed by atoms with E-state index in [4.69, 9.17) is 18.6 Å². The highest BCUT2D eigenvalue weighted by molar-refractivity contribution is 6.01. The second-order valence-corrected chi connectivity index (χ2v) is 7.94. The fraction of sp³-hybridized carbons (Fsp3) is 0.348. The summed E-state index contributed by atoms with van der Waals surface area (Å²) in [4.78, 5) is 28.5. The highest BCUT2D eigenvalue weighted by Crippen LogP contribution is 2.30. The summed E-state index contributed by atoms with van der Waals surface area (Å²) in [5.74, 6) is -3.10. The lowest BCUT2D eigenvalue weighted by Gasteiger charge is -2.27. The van der Waals surface area contributed by atoms with Crippen LogP contribution in [0.15, 0.2) is 34.7 Å². The summed E-state index contributed by atoms with van der Waals surface area (Å²) in [6.45, 7) is 0. The van der Waals surface area contributed by atoms with Crippen LogP contribution in [0.3, 0.4) is 0 Å². The molecule has 1 aliphatic carbocycles. The number of carbonyl (C=O) groups excluding carboxylic acids is 2. The quantitative estimate of drug-likeness (QED) is 0.436. The minimum atomic E-state index is -1.06. The van der Waals surface area contributed by atoms with Crippen molar-refractivity contribution < 1.29 is 37.0 Å². The number of aromatic nitrogens is 3. The number of nitrogens with one attached hydrogen (secondary N) is 2. The van der Waals surface area contributed by atoms with E-state index in [0.717, 1.165) is 12.1 Å². The molecule has 0 spiro atoms. The van der Waals surface area contributed by atoms with Crippen molar-refractivity contribution in [1.29, 1.82) is 0 Å². The van der Waals surface area contributed by atoms with E-state index >= 15 is 0 Å². The molecule has 2 aromatic heterocycles. The molecule has 0 bridgehead atoms. The Morgan fingerprint density at radius 1 is 1.03 bits per heavy atom. The predicted molar refractivity (Wildman–Crippen MR) is 121 cm³/mol. The van der Waals surface area contributed by atoms with Crippen molar-refractivity contribution in [2.45, 2.75) is 31.8 Å². The molecule has 0 aliphatic heterocycles. The van der Waals surface area contributed by atoms with Gasteiger partial charge in [-0.25, -0.2) is 8.78 Å². The lowest BCUT2D eigenvalue weighted by Crippen LogP contribution is -2.28. The van der Waals surface area contributed by atoms with Crippen LogP contribution in [0.4, 0.5) is 26.2 Å². The summed E-state index contributed by atoms with van der Waals surface area (Å²) < 4.78 is 47.7. The molecule has 1 aromatic carbocycles. The number of anilines is 3. The number of esters is 1. The Balaban J connectivity index is 1.36. The van der Waals surface area contributed by atoms with Crippen LogP contribution in [0.2, 0.25) is 0 Å². The van der Waals surface area contributed by atoms with Crippen molar-refractivity contribution >= 4 is 29.3 Å². The third-order valence-electron chi connectivity index (χ3n) is 5.56. The van der Waals surface area contributed by atoms with Crippen molar-refractivity contribution in [3.63, 3.8) is 0 Å². The van der Waals surface area contributed by atoms with Gasteiger partial charge < -0.3 is 29.3 Å². The number of benzene rings is 1. The van der Waals surface area contributed by atoms with E-state index in [2.05, 4.69) is 25.8 Å². The molecule has 2 heterocycles. The molecule has 0 unspecified atom stereocenters. The van der Waals surface area contributed by atoms with Gasteiger partial charge in [-0.1, -0.05) is 5.10 Å². The van der Waals surface area contributed by atoms with Crippen LogP contribution in [0.25, 0.3) is 0 Å². The van der Waals surface area contributed by atoms with Gasteiger partial charge in [0.1, 0.15) is 11.8 Å². The van der Waals surface area contributed by atoms with Crippen LogP contribution < -0.4 is 20.1 Å². The van der Waals surface area contributed by atoms with Gasteiger partial charge in [0.05, 0.1) is 20.1 Å². The maximum atomic E-state index is 13.4. The number of nitrogens with zero attached hydrogens (tertiary/aromatic N) is 3. The van der Waals surface area contributed by atoms with E-state index in [1.807, 2.05) is 0 Å². The second kappa shape index (κ2) is 11.0. The Morgan fingerprint density at radius 3 is 2.50 bits per heavy atom. The van der Waals surface area contributed by atoms with Crippen LogP contribution in [-0.4, -0.2) is 47.4 Å². The molecule has 3 aromatic rings. The van der Waals surface area contributed by atoms with Crippen molar-refractivity contribution in [1.82, 2.24) is 15.2 Å². The first-order valence-corrected chi connectivity index (χ1v) is 11.0. The van der Waals surface area contributed by atoms with Crippen molar-refractivity contribution in [3.05, 3.63) is 47.9 Å². The maximum Gasteiger partial charge on any atom is 0.320 e. The van der Waals surface area contributed by atoms with Crippen LogP contribution in [0.1, 0.15) is 36.4 Å². The second-order valence-electron chi connectivity index (χ2n) is 7.94. The first-order chi connectivity index (χ1) is 17.4. The zero-order valence-corrected chi connectivity index (χ0v) is 19.4.